The Kier molecular flexibility index (Phi) is 8.15. The first-order valence-corrected chi connectivity index (χ1v) is 10.6. The highest BCUT2D eigenvalue weighted by molar-refractivity contribution is 9.10. The van der Waals surface area contributed by atoms with Crippen molar-refractivity contribution in [2.45, 2.75) is 32.1 Å². The average molecular weight is 449 g/mol. The first-order chi connectivity index (χ1) is 13.6. The maximum absolute atomic E-state index is 10.2. The Balaban J connectivity index is 1.47. The molecule has 2 aromatic rings. The van der Waals surface area contributed by atoms with Crippen LogP contribution in [0.4, 0.5) is 0 Å². The zero-order chi connectivity index (χ0) is 19.8. The second-order valence-electron chi connectivity index (χ2n) is 7.19. The first-order valence-electron chi connectivity index (χ1n) is 9.79. The number of benzene rings is 2. The predicted octanol–water partition coefficient (Wildman–Crippen LogP) is 3.58. The number of rotatable bonds is 10. The largest absolute Gasteiger partial charge is 0.493 e. The van der Waals surface area contributed by atoms with Crippen LogP contribution in [0.5, 0.6) is 11.5 Å². The molecule has 0 amide bonds. The molecule has 0 aliphatic carbocycles. The molecule has 1 atom stereocenters. The van der Waals surface area contributed by atoms with E-state index in [2.05, 4.69) is 26.1 Å². The van der Waals surface area contributed by atoms with Crippen molar-refractivity contribution in [3.05, 3.63) is 58.1 Å². The molecule has 1 saturated heterocycles. The summed E-state index contributed by atoms with van der Waals surface area (Å²) in [6.07, 6.45) is 2.15. The van der Waals surface area contributed by atoms with Crippen LogP contribution in [0, 0.1) is 0 Å². The van der Waals surface area contributed by atoms with Gasteiger partial charge >= 0.3 is 0 Å². The Hall–Kier alpha value is -1.60. The Morgan fingerprint density at radius 2 is 1.79 bits per heavy atom. The van der Waals surface area contributed by atoms with Crippen LogP contribution in [0.25, 0.3) is 0 Å². The molecule has 2 aromatic carbocycles. The highest BCUT2D eigenvalue weighted by Gasteiger charge is 2.15. The van der Waals surface area contributed by atoms with Crippen molar-refractivity contribution in [3.63, 3.8) is 0 Å². The second kappa shape index (κ2) is 10.8. The smallest absolute Gasteiger partial charge is 0.161 e. The van der Waals surface area contributed by atoms with Gasteiger partial charge in [0.05, 0.1) is 13.2 Å². The van der Waals surface area contributed by atoms with E-state index in [0.717, 1.165) is 41.0 Å². The van der Waals surface area contributed by atoms with Gasteiger partial charge in [-0.3, -0.25) is 0 Å². The van der Waals surface area contributed by atoms with Gasteiger partial charge in [0.2, 0.25) is 0 Å². The lowest BCUT2D eigenvalue weighted by molar-refractivity contribution is 0.123. The Morgan fingerprint density at radius 3 is 2.50 bits per heavy atom. The molecule has 6 heteroatoms. The highest BCUT2D eigenvalue weighted by Crippen LogP contribution is 2.29. The van der Waals surface area contributed by atoms with Gasteiger partial charge in [0.1, 0.15) is 6.61 Å². The predicted molar refractivity (Wildman–Crippen MR) is 115 cm³/mol. The number of nitrogens with zero attached hydrogens (tertiary/aromatic N) is 1. The molecule has 152 valence electrons. The summed E-state index contributed by atoms with van der Waals surface area (Å²) < 4.78 is 12.5. The topological polar surface area (TPSA) is 54.0 Å². The van der Waals surface area contributed by atoms with Gasteiger partial charge in [0.15, 0.2) is 11.5 Å². The average Bonchev–Trinajstić information content (AvgIpc) is 3.21. The van der Waals surface area contributed by atoms with Gasteiger partial charge in [-0.15, -0.1) is 0 Å². The Bertz CT molecular complexity index is 733. The van der Waals surface area contributed by atoms with E-state index < -0.39 is 0 Å². The molecule has 1 aliphatic rings. The molecular formula is C22H29BrN2O3. The molecule has 1 aliphatic heterocycles. The van der Waals surface area contributed by atoms with Crippen molar-refractivity contribution in [1.29, 1.82) is 0 Å². The van der Waals surface area contributed by atoms with Gasteiger partial charge in [-0.05, 0) is 61.3 Å². The van der Waals surface area contributed by atoms with E-state index in [9.17, 15) is 5.11 Å². The molecule has 0 bridgehead atoms. The van der Waals surface area contributed by atoms with E-state index in [1.165, 1.54) is 12.8 Å². The van der Waals surface area contributed by atoms with E-state index in [1.807, 2.05) is 42.5 Å². The Morgan fingerprint density at radius 1 is 1.07 bits per heavy atom. The number of hydrogen-bond donors (Lipinski definition) is 2. The zero-order valence-corrected chi connectivity index (χ0v) is 18.0. The summed E-state index contributed by atoms with van der Waals surface area (Å²) in [6.45, 7) is 4.72. The van der Waals surface area contributed by atoms with E-state index >= 15 is 0 Å². The number of ether oxygens (including phenoxy) is 2. The quantitative estimate of drug-likeness (QED) is 0.581. The third-order valence-electron chi connectivity index (χ3n) is 4.91. The summed E-state index contributed by atoms with van der Waals surface area (Å²) in [5.41, 5.74) is 2.20. The standard InChI is InChI=1S/C22H29BrN2O3/c1-27-22-12-18(13-24-14-20(26)15-25-10-2-3-11-25)6-9-21(22)28-16-17-4-7-19(23)8-5-17/h4-9,12,20,24,26H,2-3,10-11,13-16H2,1H3/t20-/m1/s1. The number of aliphatic hydroxyl groups excluding tert-OH is 1. The van der Waals surface area contributed by atoms with Crippen LogP contribution >= 0.6 is 15.9 Å². The third kappa shape index (κ3) is 6.48. The number of nitrogens with one attached hydrogen (secondary N) is 1. The van der Waals surface area contributed by atoms with Crippen molar-refractivity contribution in [3.8, 4) is 11.5 Å². The van der Waals surface area contributed by atoms with Crippen LogP contribution in [-0.4, -0.2) is 49.4 Å². The zero-order valence-electron chi connectivity index (χ0n) is 16.4. The molecule has 0 aromatic heterocycles. The Labute approximate surface area is 175 Å². The van der Waals surface area contributed by atoms with Crippen LogP contribution in [-0.2, 0) is 13.2 Å². The number of aliphatic hydroxyl groups is 1. The lowest BCUT2D eigenvalue weighted by Gasteiger charge is -2.19. The normalized spacial score (nSPS) is 15.5. The van der Waals surface area contributed by atoms with Crippen molar-refractivity contribution < 1.29 is 14.6 Å². The van der Waals surface area contributed by atoms with Gasteiger partial charge in [0, 0.05) is 24.1 Å². The fourth-order valence-electron chi connectivity index (χ4n) is 3.39. The van der Waals surface area contributed by atoms with E-state index in [0.29, 0.717) is 25.4 Å². The molecule has 0 radical (unpaired) electrons. The second-order valence-corrected chi connectivity index (χ2v) is 8.11. The summed E-state index contributed by atoms with van der Waals surface area (Å²) in [7, 11) is 1.65. The summed E-state index contributed by atoms with van der Waals surface area (Å²) in [5.74, 6) is 1.44. The van der Waals surface area contributed by atoms with E-state index in [4.69, 9.17) is 9.47 Å². The summed E-state index contributed by atoms with van der Waals surface area (Å²) in [5, 5.41) is 13.5. The number of β-amino-alcohol motifs (C(OH)–C–C–N with tert-alkyl or cyclic N) is 1. The van der Waals surface area contributed by atoms with Crippen molar-refractivity contribution in [2.75, 3.05) is 33.3 Å². The molecule has 0 unspecified atom stereocenters. The maximum Gasteiger partial charge on any atom is 0.161 e. The summed E-state index contributed by atoms with van der Waals surface area (Å²) in [4.78, 5) is 2.33. The number of hydrogen-bond acceptors (Lipinski definition) is 5. The molecule has 0 spiro atoms. The van der Waals surface area contributed by atoms with E-state index in [-0.39, 0.29) is 6.10 Å². The van der Waals surface area contributed by atoms with Crippen LogP contribution in [0.2, 0.25) is 0 Å². The maximum atomic E-state index is 10.2. The first kappa shape index (κ1) is 21.1. The molecule has 28 heavy (non-hydrogen) atoms. The van der Waals surface area contributed by atoms with Crippen molar-refractivity contribution >= 4 is 15.9 Å². The molecule has 0 saturated carbocycles. The molecule has 3 rings (SSSR count). The molecular weight excluding hydrogens is 420 g/mol. The summed E-state index contributed by atoms with van der Waals surface area (Å²) in [6, 6.07) is 14.0. The van der Waals surface area contributed by atoms with Crippen molar-refractivity contribution in [2.24, 2.45) is 0 Å². The molecule has 2 N–H and O–H groups in total. The van der Waals surface area contributed by atoms with Gasteiger partial charge < -0.3 is 24.8 Å². The van der Waals surface area contributed by atoms with Gasteiger partial charge in [-0.1, -0.05) is 34.1 Å². The van der Waals surface area contributed by atoms with Crippen molar-refractivity contribution in [1.82, 2.24) is 10.2 Å². The SMILES string of the molecule is COc1cc(CNC[C@@H](O)CN2CCCC2)ccc1OCc1ccc(Br)cc1. The van der Waals surface area contributed by atoms with Crippen LogP contribution in [0.15, 0.2) is 46.9 Å². The summed E-state index contributed by atoms with van der Waals surface area (Å²) >= 11 is 3.44. The monoisotopic (exact) mass is 448 g/mol. The number of likely N-dealkylation sites (tertiary alicyclic amines) is 1. The minimum absolute atomic E-state index is 0.339. The van der Waals surface area contributed by atoms with Gasteiger partial charge in [-0.25, -0.2) is 0 Å². The fraction of sp³-hybridized carbons (Fsp3) is 0.455. The number of halogens is 1. The van der Waals surface area contributed by atoms with Crippen LogP contribution < -0.4 is 14.8 Å². The molecule has 1 heterocycles. The highest BCUT2D eigenvalue weighted by atomic mass is 79.9. The minimum Gasteiger partial charge on any atom is -0.493 e. The fourth-order valence-corrected chi connectivity index (χ4v) is 3.66. The lowest BCUT2D eigenvalue weighted by atomic mass is 10.2. The van der Waals surface area contributed by atoms with Crippen LogP contribution in [0.3, 0.4) is 0 Å². The molecule has 1 fully saturated rings. The third-order valence-corrected chi connectivity index (χ3v) is 5.44. The lowest BCUT2D eigenvalue weighted by Crippen LogP contribution is -2.36. The van der Waals surface area contributed by atoms with Crippen LogP contribution in [0.1, 0.15) is 24.0 Å². The minimum atomic E-state index is -0.339. The number of methoxy groups -OCH3 is 1. The van der Waals surface area contributed by atoms with Gasteiger partial charge in [0.25, 0.3) is 0 Å². The van der Waals surface area contributed by atoms with E-state index in [1.54, 1.807) is 7.11 Å². The van der Waals surface area contributed by atoms with Gasteiger partial charge in [-0.2, -0.15) is 0 Å². The molecule has 5 nitrogen and oxygen atoms in total.